The number of aromatic nitrogens is 1. The van der Waals surface area contributed by atoms with Gasteiger partial charge in [-0.15, -0.1) is 0 Å². The highest BCUT2D eigenvalue weighted by Crippen LogP contribution is 2.36. The van der Waals surface area contributed by atoms with Gasteiger partial charge in [0.15, 0.2) is 11.5 Å². The second-order valence-electron chi connectivity index (χ2n) is 4.49. The summed E-state index contributed by atoms with van der Waals surface area (Å²) in [7, 11) is 0. The lowest BCUT2D eigenvalue weighted by Gasteiger charge is -2.18. The van der Waals surface area contributed by atoms with Gasteiger partial charge in [-0.25, -0.2) is 0 Å². The standard InChI is InChI=1S/C14H18N2O2/c1-2-16-9-10(3-4-15)11-7-13-14(8-12(11)16)18-6-5-17-13/h7-9H,2-6,15H2,1H3. The molecule has 0 bridgehead atoms. The first kappa shape index (κ1) is 11.4. The van der Waals surface area contributed by atoms with Gasteiger partial charge in [0.2, 0.25) is 0 Å². The molecule has 0 amide bonds. The monoisotopic (exact) mass is 246 g/mol. The predicted octanol–water partition coefficient (Wildman–Crippen LogP) is 1.93. The molecule has 3 rings (SSSR count). The molecular weight excluding hydrogens is 228 g/mol. The molecule has 2 heterocycles. The van der Waals surface area contributed by atoms with Crippen molar-refractivity contribution in [1.82, 2.24) is 4.57 Å². The van der Waals surface area contributed by atoms with Crippen molar-refractivity contribution in [2.45, 2.75) is 19.9 Å². The lowest BCUT2D eigenvalue weighted by Crippen LogP contribution is -2.15. The second-order valence-corrected chi connectivity index (χ2v) is 4.49. The molecule has 0 fully saturated rings. The van der Waals surface area contributed by atoms with Crippen molar-refractivity contribution in [3.8, 4) is 11.5 Å². The van der Waals surface area contributed by atoms with E-state index in [9.17, 15) is 0 Å². The summed E-state index contributed by atoms with van der Waals surface area (Å²) in [6.45, 7) is 5.00. The Balaban J connectivity index is 2.20. The molecule has 0 spiro atoms. The molecule has 4 heteroatoms. The smallest absolute Gasteiger partial charge is 0.163 e. The average molecular weight is 246 g/mol. The Bertz CT molecular complexity index is 575. The van der Waals surface area contributed by atoms with E-state index in [1.807, 2.05) is 0 Å². The number of nitrogens with zero attached hydrogens (tertiary/aromatic N) is 1. The molecular formula is C14H18N2O2. The first-order valence-corrected chi connectivity index (χ1v) is 6.45. The molecule has 4 nitrogen and oxygen atoms in total. The van der Waals surface area contributed by atoms with Crippen LogP contribution in [0.3, 0.4) is 0 Å². The molecule has 1 aromatic carbocycles. The molecule has 0 aliphatic carbocycles. The Morgan fingerprint density at radius 3 is 2.61 bits per heavy atom. The zero-order valence-electron chi connectivity index (χ0n) is 10.6. The van der Waals surface area contributed by atoms with Gasteiger partial charge in [-0.3, -0.25) is 0 Å². The molecule has 1 aliphatic rings. The maximum Gasteiger partial charge on any atom is 0.163 e. The van der Waals surface area contributed by atoms with Gasteiger partial charge < -0.3 is 19.8 Å². The number of aryl methyl sites for hydroxylation is 1. The largest absolute Gasteiger partial charge is 0.486 e. The molecule has 0 unspecified atom stereocenters. The Morgan fingerprint density at radius 2 is 1.94 bits per heavy atom. The fourth-order valence-electron chi connectivity index (χ4n) is 2.52. The number of hydrogen-bond donors (Lipinski definition) is 1. The van der Waals surface area contributed by atoms with Crippen molar-refractivity contribution >= 4 is 10.9 Å². The van der Waals surface area contributed by atoms with Crippen LogP contribution in [0.4, 0.5) is 0 Å². The molecule has 1 aromatic heterocycles. The van der Waals surface area contributed by atoms with Gasteiger partial charge in [-0.1, -0.05) is 0 Å². The van der Waals surface area contributed by atoms with Crippen LogP contribution >= 0.6 is 0 Å². The van der Waals surface area contributed by atoms with E-state index in [1.165, 1.54) is 16.5 Å². The van der Waals surface area contributed by atoms with Gasteiger partial charge in [0.25, 0.3) is 0 Å². The van der Waals surface area contributed by atoms with E-state index in [0.29, 0.717) is 19.8 Å². The Morgan fingerprint density at radius 1 is 1.22 bits per heavy atom. The first-order valence-electron chi connectivity index (χ1n) is 6.45. The Hall–Kier alpha value is -1.68. The van der Waals surface area contributed by atoms with Gasteiger partial charge in [-0.2, -0.15) is 0 Å². The summed E-state index contributed by atoms with van der Waals surface area (Å²) in [6, 6.07) is 4.16. The summed E-state index contributed by atoms with van der Waals surface area (Å²) in [5, 5.41) is 1.23. The fraction of sp³-hybridized carbons (Fsp3) is 0.429. The van der Waals surface area contributed by atoms with Crippen LogP contribution in [-0.4, -0.2) is 24.3 Å². The summed E-state index contributed by atoms with van der Waals surface area (Å²) in [4.78, 5) is 0. The predicted molar refractivity (Wildman–Crippen MR) is 71.4 cm³/mol. The van der Waals surface area contributed by atoms with E-state index >= 15 is 0 Å². The van der Waals surface area contributed by atoms with E-state index < -0.39 is 0 Å². The topological polar surface area (TPSA) is 49.4 Å². The van der Waals surface area contributed by atoms with Crippen LogP contribution in [-0.2, 0) is 13.0 Å². The first-order chi connectivity index (χ1) is 8.83. The molecule has 96 valence electrons. The van der Waals surface area contributed by atoms with Crippen molar-refractivity contribution in [2.24, 2.45) is 5.73 Å². The van der Waals surface area contributed by atoms with Crippen molar-refractivity contribution in [2.75, 3.05) is 19.8 Å². The molecule has 18 heavy (non-hydrogen) atoms. The maximum absolute atomic E-state index is 5.67. The van der Waals surface area contributed by atoms with Crippen LogP contribution in [0.2, 0.25) is 0 Å². The van der Waals surface area contributed by atoms with Crippen LogP contribution in [0.1, 0.15) is 12.5 Å². The third kappa shape index (κ3) is 1.73. The molecule has 1 aliphatic heterocycles. The number of nitrogens with two attached hydrogens (primary N) is 1. The highest BCUT2D eigenvalue weighted by molar-refractivity contribution is 5.87. The Labute approximate surface area is 106 Å². The minimum Gasteiger partial charge on any atom is -0.486 e. The second kappa shape index (κ2) is 4.53. The molecule has 2 N–H and O–H groups in total. The summed E-state index contributed by atoms with van der Waals surface area (Å²) >= 11 is 0. The molecule has 0 radical (unpaired) electrons. The minimum atomic E-state index is 0.624. The third-order valence-corrected chi connectivity index (χ3v) is 3.38. The van der Waals surface area contributed by atoms with Crippen LogP contribution < -0.4 is 15.2 Å². The van der Waals surface area contributed by atoms with Gasteiger partial charge >= 0.3 is 0 Å². The van der Waals surface area contributed by atoms with Crippen LogP contribution in [0.5, 0.6) is 11.5 Å². The fourth-order valence-corrected chi connectivity index (χ4v) is 2.52. The average Bonchev–Trinajstić information content (AvgIpc) is 2.74. The number of hydrogen-bond acceptors (Lipinski definition) is 3. The van der Waals surface area contributed by atoms with E-state index in [4.69, 9.17) is 15.2 Å². The normalized spacial score (nSPS) is 14.1. The Kier molecular flexibility index (Phi) is 2.88. The molecule has 0 atom stereocenters. The zero-order valence-corrected chi connectivity index (χ0v) is 10.6. The number of benzene rings is 1. The van der Waals surface area contributed by atoms with Crippen LogP contribution in [0.25, 0.3) is 10.9 Å². The third-order valence-electron chi connectivity index (χ3n) is 3.38. The SMILES string of the molecule is CCn1cc(CCN)c2cc3c(cc21)OCCO3. The van der Waals surface area contributed by atoms with Gasteiger partial charge in [0, 0.05) is 24.2 Å². The van der Waals surface area contributed by atoms with Gasteiger partial charge in [0.1, 0.15) is 13.2 Å². The van der Waals surface area contributed by atoms with Gasteiger partial charge in [0.05, 0.1) is 5.52 Å². The van der Waals surface area contributed by atoms with Crippen LogP contribution in [0, 0.1) is 0 Å². The summed E-state index contributed by atoms with van der Waals surface area (Å²) < 4.78 is 13.5. The van der Waals surface area contributed by atoms with Crippen LogP contribution in [0.15, 0.2) is 18.3 Å². The zero-order chi connectivity index (χ0) is 12.5. The van der Waals surface area contributed by atoms with Crippen molar-refractivity contribution in [1.29, 1.82) is 0 Å². The highest BCUT2D eigenvalue weighted by Gasteiger charge is 2.16. The van der Waals surface area contributed by atoms with E-state index in [0.717, 1.165) is 24.5 Å². The quantitative estimate of drug-likeness (QED) is 0.900. The molecule has 2 aromatic rings. The lowest BCUT2D eigenvalue weighted by molar-refractivity contribution is 0.172. The molecule has 0 saturated carbocycles. The lowest BCUT2D eigenvalue weighted by atomic mass is 10.1. The van der Waals surface area contributed by atoms with E-state index in [2.05, 4.69) is 29.8 Å². The maximum atomic E-state index is 5.67. The van der Waals surface area contributed by atoms with Crippen molar-refractivity contribution in [3.63, 3.8) is 0 Å². The van der Waals surface area contributed by atoms with E-state index in [1.54, 1.807) is 0 Å². The number of fused-ring (bicyclic) bond motifs is 2. The van der Waals surface area contributed by atoms with Crippen molar-refractivity contribution in [3.05, 3.63) is 23.9 Å². The van der Waals surface area contributed by atoms with E-state index in [-0.39, 0.29) is 0 Å². The summed E-state index contributed by atoms with van der Waals surface area (Å²) in [5.74, 6) is 1.70. The van der Waals surface area contributed by atoms with Gasteiger partial charge in [-0.05, 0) is 31.5 Å². The van der Waals surface area contributed by atoms with Crippen molar-refractivity contribution < 1.29 is 9.47 Å². The summed E-state index contributed by atoms with van der Waals surface area (Å²) in [6.07, 6.45) is 3.08. The minimum absolute atomic E-state index is 0.624. The summed E-state index contributed by atoms with van der Waals surface area (Å²) in [5.41, 5.74) is 8.16. The highest BCUT2D eigenvalue weighted by atomic mass is 16.6. The molecule has 0 saturated heterocycles. The number of rotatable bonds is 3. The number of ether oxygens (including phenoxy) is 2.